The minimum absolute atomic E-state index is 0.0811. The summed E-state index contributed by atoms with van der Waals surface area (Å²) in [5.74, 6) is -0.205. The van der Waals surface area contributed by atoms with Crippen LogP contribution < -0.4 is 0 Å². The molecule has 0 radical (unpaired) electrons. The summed E-state index contributed by atoms with van der Waals surface area (Å²) in [6.07, 6.45) is 0.0811. The van der Waals surface area contributed by atoms with Crippen molar-refractivity contribution in [2.75, 3.05) is 0 Å². The fraction of sp³-hybridized carbons (Fsp3) is 0.385. The van der Waals surface area contributed by atoms with E-state index in [0.717, 1.165) is 5.56 Å². The van der Waals surface area contributed by atoms with Gasteiger partial charge in [0.05, 0.1) is 0 Å². The fourth-order valence-electron chi connectivity index (χ4n) is 1.55. The van der Waals surface area contributed by atoms with E-state index in [1.165, 1.54) is 0 Å². The first-order valence-corrected chi connectivity index (χ1v) is 5.63. The number of ether oxygens (including phenoxy) is 2. The average molecular weight is 233 g/mol. The van der Waals surface area contributed by atoms with Crippen LogP contribution in [0.15, 0.2) is 35.3 Å². The van der Waals surface area contributed by atoms with Crippen molar-refractivity contribution < 1.29 is 14.3 Å². The van der Waals surface area contributed by atoms with Crippen molar-refractivity contribution in [2.24, 2.45) is 10.9 Å². The monoisotopic (exact) mass is 233 g/mol. The number of carbonyl (C=O) groups is 1. The lowest BCUT2D eigenvalue weighted by Crippen LogP contribution is -2.20. The highest BCUT2D eigenvalue weighted by Crippen LogP contribution is 2.16. The lowest BCUT2D eigenvalue weighted by molar-refractivity contribution is -0.137. The van der Waals surface area contributed by atoms with Crippen molar-refractivity contribution in [3.63, 3.8) is 0 Å². The summed E-state index contributed by atoms with van der Waals surface area (Å²) in [6.45, 7) is 4.21. The van der Waals surface area contributed by atoms with Gasteiger partial charge in [0.1, 0.15) is 6.61 Å². The van der Waals surface area contributed by atoms with Crippen molar-refractivity contribution >= 4 is 12.1 Å². The molecular weight excluding hydrogens is 218 g/mol. The number of hydrogen-bond acceptors (Lipinski definition) is 4. The van der Waals surface area contributed by atoms with Crippen LogP contribution in [0.3, 0.4) is 0 Å². The zero-order chi connectivity index (χ0) is 12.3. The first-order chi connectivity index (χ1) is 8.16. The van der Waals surface area contributed by atoms with Crippen LogP contribution in [0.2, 0.25) is 0 Å². The first-order valence-electron chi connectivity index (χ1n) is 5.63. The Morgan fingerprint density at radius 1 is 1.35 bits per heavy atom. The molecule has 1 aromatic rings. The smallest absolute Gasteiger partial charge is 0.392 e. The van der Waals surface area contributed by atoms with Crippen LogP contribution in [0.5, 0.6) is 0 Å². The van der Waals surface area contributed by atoms with Gasteiger partial charge in [0.25, 0.3) is 0 Å². The van der Waals surface area contributed by atoms with Gasteiger partial charge in [0, 0.05) is 0 Å². The van der Waals surface area contributed by atoms with Gasteiger partial charge in [-0.05, 0) is 11.5 Å². The molecule has 1 atom stereocenters. The molecule has 2 rings (SSSR count). The Balaban J connectivity index is 1.93. The van der Waals surface area contributed by atoms with E-state index in [9.17, 15) is 4.79 Å². The molecule has 1 aromatic carbocycles. The number of aliphatic imine (C=N–C) groups is 1. The van der Waals surface area contributed by atoms with Crippen molar-refractivity contribution in [1.82, 2.24) is 0 Å². The van der Waals surface area contributed by atoms with Crippen LogP contribution in [0, 0.1) is 5.92 Å². The summed E-state index contributed by atoms with van der Waals surface area (Å²) in [6, 6.07) is 9.25. The highest BCUT2D eigenvalue weighted by atomic mass is 16.7. The fourth-order valence-corrected chi connectivity index (χ4v) is 1.55. The van der Waals surface area contributed by atoms with Gasteiger partial charge >= 0.3 is 12.1 Å². The van der Waals surface area contributed by atoms with Crippen LogP contribution >= 0.6 is 0 Å². The molecule has 17 heavy (non-hydrogen) atoms. The predicted molar refractivity (Wildman–Crippen MR) is 63.4 cm³/mol. The highest BCUT2D eigenvalue weighted by Gasteiger charge is 2.32. The molecule has 0 saturated heterocycles. The van der Waals surface area contributed by atoms with Crippen LogP contribution in [-0.2, 0) is 20.9 Å². The van der Waals surface area contributed by atoms with Crippen molar-refractivity contribution in [3.8, 4) is 0 Å². The maximum absolute atomic E-state index is 11.4. The number of hydrogen-bond donors (Lipinski definition) is 0. The molecule has 4 heteroatoms. The predicted octanol–water partition coefficient (Wildman–Crippen LogP) is 2.14. The molecule has 0 bridgehead atoms. The van der Waals surface area contributed by atoms with Gasteiger partial charge in [-0.25, -0.2) is 9.79 Å². The van der Waals surface area contributed by atoms with E-state index in [2.05, 4.69) is 4.99 Å². The highest BCUT2D eigenvalue weighted by molar-refractivity contribution is 5.93. The average Bonchev–Trinajstić information content (AvgIpc) is 2.69. The molecule has 0 aromatic heterocycles. The Morgan fingerprint density at radius 3 is 2.65 bits per heavy atom. The van der Waals surface area contributed by atoms with Gasteiger partial charge in [-0.1, -0.05) is 44.2 Å². The van der Waals surface area contributed by atoms with Crippen LogP contribution in [0.25, 0.3) is 0 Å². The minimum atomic E-state index is -0.430. The topological polar surface area (TPSA) is 47.9 Å². The first kappa shape index (κ1) is 11.6. The van der Waals surface area contributed by atoms with Gasteiger partial charge < -0.3 is 9.47 Å². The van der Waals surface area contributed by atoms with Crippen molar-refractivity contribution in [2.45, 2.75) is 26.5 Å². The molecule has 1 heterocycles. The molecule has 1 aliphatic rings. The Bertz CT molecular complexity index is 426. The van der Waals surface area contributed by atoms with Crippen molar-refractivity contribution in [1.29, 1.82) is 0 Å². The molecule has 4 nitrogen and oxygen atoms in total. The van der Waals surface area contributed by atoms with Crippen LogP contribution in [0.1, 0.15) is 19.4 Å². The normalized spacial score (nSPS) is 19.1. The third-order valence-electron chi connectivity index (χ3n) is 2.51. The third-order valence-corrected chi connectivity index (χ3v) is 2.51. The van der Waals surface area contributed by atoms with Gasteiger partial charge in [0.2, 0.25) is 0 Å². The Hall–Kier alpha value is -1.84. The molecule has 0 unspecified atom stereocenters. The molecule has 0 amide bonds. The molecule has 0 N–H and O–H groups in total. The van der Waals surface area contributed by atoms with Crippen LogP contribution in [-0.4, -0.2) is 18.1 Å². The molecule has 1 aliphatic heterocycles. The Labute approximate surface area is 100 Å². The van der Waals surface area contributed by atoms with Gasteiger partial charge in [-0.3, -0.25) is 0 Å². The zero-order valence-electron chi connectivity index (χ0n) is 9.92. The lowest BCUT2D eigenvalue weighted by atomic mass is 10.1. The Kier molecular flexibility index (Phi) is 3.42. The number of esters is 1. The minimum Gasteiger partial charge on any atom is -0.445 e. The number of carbonyl (C=O) groups excluding carboxylic acids is 1. The summed E-state index contributed by atoms with van der Waals surface area (Å²) in [5, 5.41) is 0. The number of nitrogens with zero attached hydrogens (tertiary/aromatic N) is 1. The van der Waals surface area contributed by atoms with E-state index in [1.54, 1.807) is 0 Å². The zero-order valence-corrected chi connectivity index (χ0v) is 9.92. The Morgan fingerprint density at radius 2 is 2.06 bits per heavy atom. The molecule has 0 fully saturated rings. The molecule has 90 valence electrons. The summed E-state index contributed by atoms with van der Waals surface area (Å²) >= 11 is 0. The lowest BCUT2D eigenvalue weighted by Gasteiger charge is -2.04. The second kappa shape index (κ2) is 4.99. The number of benzene rings is 1. The van der Waals surface area contributed by atoms with Gasteiger partial charge in [-0.15, -0.1) is 0 Å². The molecule has 0 saturated carbocycles. The van der Waals surface area contributed by atoms with Gasteiger partial charge in [-0.2, -0.15) is 0 Å². The second-order valence-electron chi connectivity index (χ2n) is 4.28. The molecular formula is C13H15NO3. The summed E-state index contributed by atoms with van der Waals surface area (Å²) < 4.78 is 10.3. The quantitative estimate of drug-likeness (QED) is 0.751. The standard InChI is InChI=1S/C13H15NO3/c1-9(2)11-12(15)17-13(14-11)16-8-10-6-4-3-5-7-10/h3-7,9,11H,8H2,1-2H3/t11-/m0/s1. The van der Waals surface area contributed by atoms with E-state index < -0.39 is 6.04 Å². The van der Waals surface area contributed by atoms with E-state index in [-0.39, 0.29) is 18.0 Å². The van der Waals surface area contributed by atoms with E-state index >= 15 is 0 Å². The summed E-state index contributed by atoms with van der Waals surface area (Å²) in [4.78, 5) is 15.5. The van der Waals surface area contributed by atoms with E-state index in [4.69, 9.17) is 9.47 Å². The van der Waals surface area contributed by atoms with E-state index in [0.29, 0.717) is 6.61 Å². The summed E-state index contributed by atoms with van der Waals surface area (Å²) in [5.41, 5.74) is 1.01. The third kappa shape index (κ3) is 2.84. The number of cyclic esters (lactones) is 1. The maximum atomic E-state index is 11.4. The van der Waals surface area contributed by atoms with Gasteiger partial charge in [0.15, 0.2) is 6.04 Å². The largest absolute Gasteiger partial charge is 0.445 e. The van der Waals surface area contributed by atoms with E-state index in [1.807, 2.05) is 44.2 Å². The summed E-state index contributed by atoms with van der Waals surface area (Å²) in [7, 11) is 0. The van der Waals surface area contributed by atoms with Crippen LogP contribution in [0.4, 0.5) is 0 Å². The maximum Gasteiger partial charge on any atom is 0.392 e. The molecule has 0 spiro atoms. The second-order valence-corrected chi connectivity index (χ2v) is 4.28. The number of rotatable bonds is 3. The van der Waals surface area contributed by atoms with Crippen molar-refractivity contribution in [3.05, 3.63) is 35.9 Å². The SMILES string of the molecule is CC(C)[C@@H]1N=C(OCc2ccccc2)OC1=O. The molecule has 0 aliphatic carbocycles.